The van der Waals surface area contributed by atoms with E-state index in [1.165, 1.54) is 7.11 Å². The van der Waals surface area contributed by atoms with Gasteiger partial charge in [-0.05, 0) is 19.4 Å². The van der Waals surface area contributed by atoms with Crippen LogP contribution in [0.1, 0.15) is 29.3 Å². The fraction of sp³-hybridized carbons (Fsp3) is 0.368. The third-order valence-electron chi connectivity index (χ3n) is 3.78. The number of aryl methyl sites for hydroxylation is 2. The van der Waals surface area contributed by atoms with E-state index in [1.807, 2.05) is 31.2 Å². The summed E-state index contributed by atoms with van der Waals surface area (Å²) < 4.78 is 9.59. The number of thioether (sulfide) groups is 1. The Bertz CT molecular complexity index is 819. The van der Waals surface area contributed by atoms with Crippen LogP contribution < -0.4 is 10.6 Å². The molecule has 0 radical (unpaired) electrons. The third-order valence-corrected chi connectivity index (χ3v) is 4.71. The molecule has 2 amide bonds. The SMILES string of the molecule is COC(=O)CC(NC(=O)CSCC(=O)Nc1cc(C)on1)c1ccc(C)cc1. The normalized spacial score (nSPS) is 11.5. The molecular weight excluding hydrogens is 382 g/mol. The van der Waals surface area contributed by atoms with Crippen molar-refractivity contribution < 1.29 is 23.6 Å². The highest BCUT2D eigenvalue weighted by Gasteiger charge is 2.19. The van der Waals surface area contributed by atoms with Crippen LogP contribution in [0.3, 0.4) is 0 Å². The van der Waals surface area contributed by atoms with Gasteiger partial charge >= 0.3 is 5.97 Å². The number of benzene rings is 1. The number of nitrogens with zero attached hydrogens (tertiary/aromatic N) is 1. The molecule has 0 aliphatic heterocycles. The number of esters is 1. The average molecular weight is 405 g/mol. The topological polar surface area (TPSA) is 111 Å². The summed E-state index contributed by atoms with van der Waals surface area (Å²) >= 11 is 1.16. The highest BCUT2D eigenvalue weighted by molar-refractivity contribution is 8.00. The number of ether oxygens (including phenoxy) is 1. The Morgan fingerprint density at radius 2 is 1.82 bits per heavy atom. The van der Waals surface area contributed by atoms with Gasteiger partial charge in [-0.25, -0.2) is 0 Å². The fourth-order valence-electron chi connectivity index (χ4n) is 2.38. The van der Waals surface area contributed by atoms with Crippen molar-refractivity contribution in [1.82, 2.24) is 10.5 Å². The molecule has 28 heavy (non-hydrogen) atoms. The van der Waals surface area contributed by atoms with Crippen LogP contribution in [-0.4, -0.2) is 41.6 Å². The molecule has 1 atom stereocenters. The highest BCUT2D eigenvalue weighted by Crippen LogP contribution is 2.18. The van der Waals surface area contributed by atoms with Crippen LogP contribution in [-0.2, 0) is 19.1 Å². The van der Waals surface area contributed by atoms with Crippen LogP contribution in [0.4, 0.5) is 5.82 Å². The van der Waals surface area contributed by atoms with Gasteiger partial charge in [0, 0.05) is 6.07 Å². The minimum Gasteiger partial charge on any atom is -0.469 e. The smallest absolute Gasteiger partial charge is 0.307 e. The lowest BCUT2D eigenvalue weighted by atomic mass is 10.0. The highest BCUT2D eigenvalue weighted by atomic mass is 32.2. The Morgan fingerprint density at radius 1 is 1.14 bits per heavy atom. The molecule has 2 rings (SSSR count). The lowest BCUT2D eigenvalue weighted by Gasteiger charge is -2.18. The van der Waals surface area contributed by atoms with Crippen LogP contribution in [0, 0.1) is 13.8 Å². The van der Waals surface area contributed by atoms with E-state index >= 15 is 0 Å². The first-order valence-corrected chi connectivity index (χ1v) is 9.76. The van der Waals surface area contributed by atoms with Crippen LogP contribution in [0.2, 0.25) is 0 Å². The van der Waals surface area contributed by atoms with Gasteiger partial charge in [-0.3, -0.25) is 14.4 Å². The van der Waals surface area contributed by atoms with Crippen molar-refractivity contribution in [3.8, 4) is 0 Å². The zero-order valence-electron chi connectivity index (χ0n) is 16.0. The Morgan fingerprint density at radius 3 is 2.43 bits per heavy atom. The van der Waals surface area contributed by atoms with Crippen LogP contribution in [0.25, 0.3) is 0 Å². The minimum absolute atomic E-state index is 0.0297. The van der Waals surface area contributed by atoms with E-state index in [0.717, 1.165) is 22.9 Å². The van der Waals surface area contributed by atoms with E-state index in [4.69, 9.17) is 9.26 Å². The number of anilines is 1. The van der Waals surface area contributed by atoms with Crippen molar-refractivity contribution in [2.45, 2.75) is 26.3 Å². The molecule has 9 heteroatoms. The van der Waals surface area contributed by atoms with Gasteiger partial charge in [-0.1, -0.05) is 35.0 Å². The summed E-state index contributed by atoms with van der Waals surface area (Å²) in [6, 6.07) is 8.67. The second kappa shape index (κ2) is 10.5. The zero-order chi connectivity index (χ0) is 20.5. The van der Waals surface area contributed by atoms with Crippen molar-refractivity contribution in [2.75, 3.05) is 23.9 Å². The van der Waals surface area contributed by atoms with Crippen LogP contribution in [0.15, 0.2) is 34.9 Å². The quantitative estimate of drug-likeness (QED) is 0.616. The number of carbonyl (C=O) groups excluding carboxylic acids is 3. The number of aromatic nitrogens is 1. The van der Waals surface area contributed by atoms with E-state index in [2.05, 4.69) is 15.8 Å². The van der Waals surface area contributed by atoms with E-state index in [9.17, 15) is 14.4 Å². The number of amides is 2. The standard InChI is InChI=1S/C19H23N3O5S/c1-12-4-6-14(7-5-12)15(9-19(25)26-3)20-17(23)10-28-11-18(24)21-16-8-13(2)27-22-16/h4-8,15H,9-11H2,1-3H3,(H,20,23)(H,21,22,24). The number of methoxy groups -OCH3 is 1. The van der Waals surface area contributed by atoms with E-state index in [1.54, 1.807) is 13.0 Å². The maximum atomic E-state index is 12.3. The Kier molecular flexibility index (Phi) is 8.06. The molecule has 0 aliphatic carbocycles. The molecule has 1 aromatic carbocycles. The van der Waals surface area contributed by atoms with Gasteiger partial charge in [-0.15, -0.1) is 11.8 Å². The largest absolute Gasteiger partial charge is 0.469 e. The van der Waals surface area contributed by atoms with E-state index in [0.29, 0.717) is 11.6 Å². The van der Waals surface area contributed by atoms with Crippen LogP contribution in [0.5, 0.6) is 0 Å². The van der Waals surface area contributed by atoms with Crippen molar-refractivity contribution in [3.63, 3.8) is 0 Å². The molecule has 1 unspecified atom stereocenters. The maximum Gasteiger partial charge on any atom is 0.307 e. The molecule has 150 valence electrons. The molecule has 0 fully saturated rings. The molecule has 0 aliphatic rings. The minimum atomic E-state index is -0.493. The fourth-order valence-corrected chi connectivity index (χ4v) is 3.01. The predicted molar refractivity (Wildman–Crippen MR) is 106 cm³/mol. The summed E-state index contributed by atoms with van der Waals surface area (Å²) in [5.41, 5.74) is 1.89. The molecule has 2 aromatic rings. The van der Waals surface area contributed by atoms with Crippen molar-refractivity contribution in [1.29, 1.82) is 0 Å². The number of hydrogen-bond acceptors (Lipinski definition) is 7. The Balaban J connectivity index is 1.84. The summed E-state index contributed by atoms with van der Waals surface area (Å²) in [7, 11) is 1.31. The summed E-state index contributed by atoms with van der Waals surface area (Å²) in [4.78, 5) is 35.8. The van der Waals surface area contributed by atoms with E-state index in [-0.39, 0.29) is 29.7 Å². The molecule has 1 heterocycles. The molecular formula is C19H23N3O5S. The first kappa shape index (κ1) is 21.5. The zero-order valence-corrected chi connectivity index (χ0v) is 16.8. The lowest BCUT2D eigenvalue weighted by Crippen LogP contribution is -2.32. The second-order valence-corrected chi connectivity index (χ2v) is 7.16. The molecule has 0 bridgehead atoms. The summed E-state index contributed by atoms with van der Waals surface area (Å²) in [5.74, 6) is 0.126. The third kappa shape index (κ3) is 7.07. The monoisotopic (exact) mass is 405 g/mol. The molecule has 2 N–H and O–H groups in total. The van der Waals surface area contributed by atoms with Gasteiger partial charge in [0.2, 0.25) is 11.8 Å². The van der Waals surface area contributed by atoms with Gasteiger partial charge < -0.3 is 19.9 Å². The maximum absolute atomic E-state index is 12.3. The number of hydrogen-bond donors (Lipinski definition) is 2. The number of rotatable bonds is 9. The number of nitrogens with one attached hydrogen (secondary N) is 2. The molecule has 0 saturated carbocycles. The summed E-state index contributed by atoms with van der Waals surface area (Å²) in [6.07, 6.45) is 0.0297. The van der Waals surface area contributed by atoms with Gasteiger partial charge in [-0.2, -0.15) is 0 Å². The molecule has 8 nitrogen and oxygen atoms in total. The second-order valence-electron chi connectivity index (χ2n) is 6.17. The first-order chi connectivity index (χ1) is 13.4. The van der Waals surface area contributed by atoms with Gasteiger partial charge in [0.15, 0.2) is 5.82 Å². The molecule has 1 aromatic heterocycles. The van der Waals surface area contributed by atoms with Crippen molar-refractivity contribution in [2.24, 2.45) is 0 Å². The number of carbonyl (C=O) groups is 3. The summed E-state index contributed by atoms with van der Waals surface area (Å²) in [6.45, 7) is 3.68. The van der Waals surface area contributed by atoms with Crippen LogP contribution >= 0.6 is 11.8 Å². The van der Waals surface area contributed by atoms with Gasteiger partial charge in [0.05, 0.1) is 31.1 Å². The average Bonchev–Trinajstić information content (AvgIpc) is 3.06. The van der Waals surface area contributed by atoms with Crippen molar-refractivity contribution >= 4 is 35.4 Å². The summed E-state index contributed by atoms with van der Waals surface area (Å²) in [5, 5.41) is 9.08. The van der Waals surface area contributed by atoms with Gasteiger partial charge in [0.1, 0.15) is 5.76 Å². The van der Waals surface area contributed by atoms with E-state index < -0.39 is 12.0 Å². The first-order valence-electron chi connectivity index (χ1n) is 8.61. The van der Waals surface area contributed by atoms with Gasteiger partial charge in [0.25, 0.3) is 0 Å². The molecule has 0 saturated heterocycles. The molecule has 0 spiro atoms. The Hall–Kier alpha value is -2.81. The van der Waals surface area contributed by atoms with Crippen molar-refractivity contribution in [3.05, 3.63) is 47.2 Å². The lowest BCUT2D eigenvalue weighted by molar-refractivity contribution is -0.141. The predicted octanol–water partition coefficient (Wildman–Crippen LogP) is 2.38. The Labute approximate surface area is 167 Å².